The first-order valence-electron chi connectivity index (χ1n) is 21.1. The number of nitriles is 1. The Morgan fingerprint density at radius 2 is 1.57 bits per heavy atom. The molecule has 1 aromatic carbocycles. The minimum absolute atomic E-state index is 0.135. The molecule has 4 rings (SSSR count). The summed E-state index contributed by atoms with van der Waals surface area (Å²) in [6, 6.07) is 10.8. The van der Waals surface area contributed by atoms with Gasteiger partial charge in [-0.2, -0.15) is 10.4 Å². The number of hydrogen-bond acceptors (Lipinski definition) is 11. The lowest BCUT2D eigenvalue weighted by molar-refractivity contribution is -0.0725. The largest absolute Gasteiger partial charge is 0.489 e. The molecule has 312 valence electrons. The summed E-state index contributed by atoms with van der Waals surface area (Å²) in [5, 5.41) is 13.8. The Balaban J connectivity index is 1.21. The van der Waals surface area contributed by atoms with Crippen LogP contribution in [0.25, 0.3) is 5.52 Å². The molecule has 0 radical (unpaired) electrons. The van der Waals surface area contributed by atoms with Crippen LogP contribution in [0.4, 0.5) is 5.82 Å². The van der Waals surface area contributed by atoms with E-state index in [1.54, 1.807) is 22.7 Å². The van der Waals surface area contributed by atoms with Crippen LogP contribution in [-0.4, -0.2) is 50.6 Å². The van der Waals surface area contributed by atoms with E-state index in [9.17, 15) is 14.7 Å². The van der Waals surface area contributed by atoms with Gasteiger partial charge < -0.3 is 30.6 Å². The minimum Gasteiger partial charge on any atom is -0.489 e. The Labute approximate surface area is 334 Å². The lowest BCUT2D eigenvalue weighted by atomic mass is 10.0. The van der Waals surface area contributed by atoms with Gasteiger partial charge in [0.15, 0.2) is 5.82 Å². The van der Waals surface area contributed by atoms with Gasteiger partial charge in [-0.3, -0.25) is 9.05 Å². The molecule has 0 saturated carbocycles. The minimum atomic E-state index is -4.54. The highest BCUT2D eigenvalue weighted by atomic mass is 31.2. The van der Waals surface area contributed by atoms with E-state index < -0.39 is 25.8 Å². The molecule has 4 atom stereocenters. The summed E-state index contributed by atoms with van der Waals surface area (Å²) in [6.45, 7) is 5.50. The van der Waals surface area contributed by atoms with Crippen LogP contribution in [0.5, 0.6) is 11.5 Å². The van der Waals surface area contributed by atoms with Crippen molar-refractivity contribution in [3.63, 3.8) is 0 Å². The number of anilines is 1. The van der Waals surface area contributed by atoms with Crippen molar-refractivity contribution >= 4 is 19.2 Å². The van der Waals surface area contributed by atoms with Gasteiger partial charge in [-0.1, -0.05) is 110 Å². The molecule has 2 aromatic heterocycles. The third-order valence-corrected chi connectivity index (χ3v) is 11.2. The number of unbranched alkanes of at least 4 members (excludes halogenated alkanes) is 16. The van der Waals surface area contributed by atoms with Crippen LogP contribution in [0, 0.1) is 11.3 Å². The molecule has 14 heteroatoms. The molecular formula is C42H67N6O7P. The number of phosphoric ester groups is 1. The first-order chi connectivity index (χ1) is 27.0. The number of nitrogen functional groups attached to an aromatic ring is 1. The molecule has 1 aliphatic heterocycles. The molecule has 0 amide bonds. The molecule has 0 aliphatic carbocycles. The Bertz CT molecular complexity index is 1680. The fourth-order valence-electron chi connectivity index (χ4n) is 7.20. The number of fused-ring (bicyclic) bond motifs is 1. The number of phosphoric acid groups is 1. The average molecular weight is 799 g/mol. The van der Waals surface area contributed by atoms with Gasteiger partial charge in [0, 0.05) is 6.07 Å². The monoisotopic (exact) mass is 798 g/mol. The Kier molecular flexibility index (Phi) is 19.4. The van der Waals surface area contributed by atoms with Gasteiger partial charge in [0.1, 0.15) is 54.0 Å². The van der Waals surface area contributed by atoms with Crippen LogP contribution in [0.2, 0.25) is 0 Å². The first kappa shape index (κ1) is 45.5. The number of ether oxygens (including phenoxy) is 3. The summed E-state index contributed by atoms with van der Waals surface area (Å²) in [5.41, 5.74) is 12.9. The second-order valence-electron chi connectivity index (χ2n) is 15.6. The van der Waals surface area contributed by atoms with Gasteiger partial charge in [0.2, 0.25) is 0 Å². The molecule has 5 N–H and O–H groups in total. The topological polar surface area (TPSA) is 189 Å². The van der Waals surface area contributed by atoms with Crippen molar-refractivity contribution in [2.75, 3.05) is 18.9 Å². The van der Waals surface area contributed by atoms with Gasteiger partial charge in [0.05, 0.1) is 24.0 Å². The summed E-state index contributed by atoms with van der Waals surface area (Å²) in [7, 11) is -4.54. The Morgan fingerprint density at radius 1 is 0.946 bits per heavy atom. The zero-order valence-corrected chi connectivity index (χ0v) is 34.9. The maximum absolute atomic E-state index is 13.1. The van der Waals surface area contributed by atoms with Crippen LogP contribution in [0.1, 0.15) is 167 Å². The SMILES string of the molecule is CCCCCCCCCCCCCCCCCCC[C@H](COP(=O)(O)OC[C@]1(N)CC[C@H](c2ccc3c(N)ncnn23)O1)Oc1ccc(C#N)c(OC(C)C)c1. The number of rotatable bonds is 29. The molecular weight excluding hydrogens is 731 g/mol. The first-order valence-corrected chi connectivity index (χ1v) is 22.6. The van der Waals surface area contributed by atoms with E-state index in [0.29, 0.717) is 47.7 Å². The van der Waals surface area contributed by atoms with E-state index in [0.717, 1.165) is 25.0 Å². The van der Waals surface area contributed by atoms with Crippen molar-refractivity contribution in [2.45, 2.75) is 173 Å². The van der Waals surface area contributed by atoms with E-state index in [-0.39, 0.29) is 19.3 Å². The van der Waals surface area contributed by atoms with E-state index in [1.165, 1.54) is 96.2 Å². The van der Waals surface area contributed by atoms with Crippen LogP contribution in [0.15, 0.2) is 36.7 Å². The Hall–Kier alpha value is -3.24. The van der Waals surface area contributed by atoms with Crippen molar-refractivity contribution in [1.29, 1.82) is 5.26 Å². The third kappa shape index (κ3) is 15.6. The molecule has 1 aliphatic rings. The fourth-order valence-corrected chi connectivity index (χ4v) is 8.01. The molecule has 1 saturated heterocycles. The van der Waals surface area contributed by atoms with Crippen molar-refractivity contribution in [2.24, 2.45) is 5.73 Å². The maximum Gasteiger partial charge on any atom is 0.472 e. The lowest BCUT2D eigenvalue weighted by Gasteiger charge is -2.26. The fraction of sp³-hybridized carbons (Fsp3) is 0.690. The highest BCUT2D eigenvalue weighted by Crippen LogP contribution is 2.46. The average Bonchev–Trinajstić information content (AvgIpc) is 3.79. The van der Waals surface area contributed by atoms with Gasteiger partial charge >= 0.3 is 7.82 Å². The molecule has 0 bridgehead atoms. The number of nitrogens with zero attached hydrogens (tertiary/aromatic N) is 4. The molecule has 0 spiro atoms. The summed E-state index contributed by atoms with van der Waals surface area (Å²) in [6.07, 6.45) is 23.6. The quantitative estimate of drug-likeness (QED) is 0.0446. The van der Waals surface area contributed by atoms with Crippen molar-refractivity contribution in [1.82, 2.24) is 14.6 Å². The molecule has 3 heterocycles. The number of hydrogen-bond donors (Lipinski definition) is 3. The van der Waals surface area contributed by atoms with Gasteiger partial charge in [-0.25, -0.2) is 14.1 Å². The second-order valence-corrected chi connectivity index (χ2v) is 17.0. The third-order valence-electron chi connectivity index (χ3n) is 10.3. The molecule has 1 unspecified atom stereocenters. The summed E-state index contributed by atoms with van der Waals surface area (Å²) in [4.78, 5) is 14.7. The molecule has 3 aromatic rings. The predicted molar refractivity (Wildman–Crippen MR) is 219 cm³/mol. The molecule has 13 nitrogen and oxygen atoms in total. The maximum atomic E-state index is 13.1. The van der Waals surface area contributed by atoms with Crippen molar-refractivity contribution in [3.8, 4) is 17.6 Å². The van der Waals surface area contributed by atoms with Crippen LogP contribution in [-0.2, 0) is 18.3 Å². The normalized spacial score (nSPS) is 18.6. The van der Waals surface area contributed by atoms with E-state index in [4.69, 9.17) is 34.7 Å². The number of benzene rings is 1. The van der Waals surface area contributed by atoms with Crippen molar-refractivity contribution < 1.29 is 32.7 Å². The lowest BCUT2D eigenvalue weighted by Crippen LogP contribution is -2.43. The smallest absolute Gasteiger partial charge is 0.472 e. The van der Waals surface area contributed by atoms with Gasteiger partial charge in [0.25, 0.3) is 0 Å². The van der Waals surface area contributed by atoms with Gasteiger partial charge in [-0.15, -0.1) is 0 Å². The molecule has 1 fully saturated rings. The number of nitrogens with two attached hydrogens (primary N) is 2. The van der Waals surface area contributed by atoms with E-state index in [2.05, 4.69) is 23.1 Å². The zero-order valence-electron chi connectivity index (χ0n) is 34.0. The Morgan fingerprint density at radius 3 is 2.18 bits per heavy atom. The van der Waals surface area contributed by atoms with E-state index in [1.807, 2.05) is 26.0 Å². The highest BCUT2D eigenvalue weighted by molar-refractivity contribution is 7.47. The number of aromatic nitrogens is 3. The summed E-state index contributed by atoms with van der Waals surface area (Å²) < 4.78 is 43.9. The summed E-state index contributed by atoms with van der Waals surface area (Å²) >= 11 is 0. The standard InChI is InChI=1S/C42H67N6O7P/c1-4-5-6-7-8-9-10-11-12-13-14-15-16-17-18-19-20-21-36(54-35-23-22-34(29-43)40(28-35)53-33(2)3)30-51-56(49,50)52-31-42(45)27-26-39(55-42)37-24-25-38-41(44)46-32-47-48(37)38/h22-25,28,32-33,36,39H,4-21,26-27,30-31,45H2,1-3H3,(H,49,50)(H2,44,46,47)/t36-,39-,42+/m1/s1. The summed E-state index contributed by atoms with van der Waals surface area (Å²) in [5.74, 6) is 1.24. The second kappa shape index (κ2) is 23.9. The van der Waals surface area contributed by atoms with E-state index >= 15 is 0 Å². The van der Waals surface area contributed by atoms with Crippen LogP contribution in [0.3, 0.4) is 0 Å². The molecule has 56 heavy (non-hydrogen) atoms. The van der Waals surface area contributed by atoms with Gasteiger partial charge in [-0.05, 0) is 63.8 Å². The van der Waals surface area contributed by atoms with Crippen molar-refractivity contribution in [3.05, 3.63) is 47.9 Å². The van der Waals surface area contributed by atoms with Crippen LogP contribution >= 0.6 is 7.82 Å². The highest BCUT2D eigenvalue weighted by Gasteiger charge is 2.41. The van der Waals surface area contributed by atoms with Crippen LogP contribution < -0.4 is 20.9 Å². The predicted octanol–water partition coefficient (Wildman–Crippen LogP) is 10.1. The zero-order chi connectivity index (χ0) is 40.2.